The van der Waals surface area contributed by atoms with Crippen LogP contribution in [-0.4, -0.2) is 29.2 Å². The fourth-order valence-electron chi connectivity index (χ4n) is 3.26. The van der Waals surface area contributed by atoms with E-state index in [4.69, 9.17) is 9.47 Å². The van der Waals surface area contributed by atoms with E-state index in [1.54, 1.807) is 19.2 Å². The van der Waals surface area contributed by atoms with Crippen LogP contribution in [0.2, 0.25) is 0 Å². The van der Waals surface area contributed by atoms with Crippen LogP contribution < -0.4 is 9.47 Å². The first-order chi connectivity index (χ1) is 13.3. The molecule has 0 aliphatic carbocycles. The van der Waals surface area contributed by atoms with Crippen LogP contribution in [0.5, 0.6) is 11.5 Å². The molecule has 0 spiro atoms. The van der Waals surface area contributed by atoms with Gasteiger partial charge in [-0.15, -0.1) is 0 Å². The van der Waals surface area contributed by atoms with Crippen LogP contribution in [-0.2, 0) is 6.18 Å². The van der Waals surface area contributed by atoms with Crippen LogP contribution in [0.3, 0.4) is 0 Å². The van der Waals surface area contributed by atoms with E-state index in [0.717, 1.165) is 22.7 Å². The minimum absolute atomic E-state index is 0.129. The summed E-state index contributed by atoms with van der Waals surface area (Å²) in [5.41, 5.74) is 2.20. The van der Waals surface area contributed by atoms with Gasteiger partial charge >= 0.3 is 6.18 Å². The van der Waals surface area contributed by atoms with Crippen LogP contribution in [0.15, 0.2) is 36.4 Å². The van der Waals surface area contributed by atoms with Crippen molar-refractivity contribution in [1.29, 1.82) is 0 Å². The molecule has 8 heteroatoms. The summed E-state index contributed by atoms with van der Waals surface area (Å²) < 4.78 is 49.8. The van der Waals surface area contributed by atoms with Gasteiger partial charge < -0.3 is 14.5 Å². The number of methoxy groups -OCH3 is 2. The molecule has 5 nitrogen and oxygen atoms in total. The van der Waals surface area contributed by atoms with Gasteiger partial charge in [0, 0.05) is 16.5 Å². The molecule has 2 heterocycles. The molecule has 0 unspecified atom stereocenters. The highest BCUT2D eigenvalue weighted by molar-refractivity contribution is 5.98. The smallest absolute Gasteiger partial charge is 0.433 e. The second kappa shape index (κ2) is 6.40. The van der Waals surface area contributed by atoms with Crippen molar-refractivity contribution in [2.24, 2.45) is 0 Å². The Kier molecular flexibility index (Phi) is 4.14. The molecule has 1 N–H and O–H groups in total. The third-order valence-corrected chi connectivity index (χ3v) is 4.66. The van der Waals surface area contributed by atoms with Gasteiger partial charge in [-0.3, -0.25) is 0 Å². The zero-order chi connectivity index (χ0) is 20.1. The number of rotatable bonds is 3. The molecule has 0 aliphatic rings. The number of pyridine rings is 1. The molecule has 0 aliphatic heterocycles. The van der Waals surface area contributed by atoms with E-state index in [-0.39, 0.29) is 11.3 Å². The first kappa shape index (κ1) is 18.1. The van der Waals surface area contributed by atoms with Gasteiger partial charge in [-0.1, -0.05) is 0 Å². The Balaban J connectivity index is 1.96. The summed E-state index contributed by atoms with van der Waals surface area (Å²) in [6.45, 7) is 1.90. The highest BCUT2D eigenvalue weighted by Crippen LogP contribution is 2.37. The first-order valence-electron chi connectivity index (χ1n) is 8.42. The molecular formula is C20H16F3N3O2. The Morgan fingerprint density at radius 3 is 2.25 bits per heavy atom. The average Bonchev–Trinajstić information content (AvgIpc) is 3.11. The fraction of sp³-hybridized carbons (Fsp3) is 0.200. The third kappa shape index (κ3) is 2.81. The lowest BCUT2D eigenvalue weighted by atomic mass is 10.1. The van der Waals surface area contributed by atoms with Crippen molar-refractivity contribution in [2.75, 3.05) is 14.2 Å². The Labute approximate surface area is 158 Å². The molecule has 28 heavy (non-hydrogen) atoms. The maximum Gasteiger partial charge on any atom is 0.433 e. The number of hydrogen-bond acceptors (Lipinski definition) is 4. The van der Waals surface area contributed by atoms with Gasteiger partial charge in [0.05, 0.1) is 25.3 Å². The van der Waals surface area contributed by atoms with E-state index >= 15 is 0 Å². The van der Waals surface area contributed by atoms with Crippen molar-refractivity contribution in [3.05, 3.63) is 47.7 Å². The van der Waals surface area contributed by atoms with Gasteiger partial charge in [0.15, 0.2) is 0 Å². The number of nitrogens with zero attached hydrogens (tertiary/aromatic N) is 2. The third-order valence-electron chi connectivity index (χ3n) is 4.66. The van der Waals surface area contributed by atoms with Gasteiger partial charge in [0.2, 0.25) is 0 Å². The number of H-pyrrole nitrogens is 1. The Bertz CT molecular complexity index is 1200. The predicted molar refractivity (Wildman–Crippen MR) is 99.7 cm³/mol. The molecule has 0 saturated carbocycles. The highest BCUT2D eigenvalue weighted by Gasteiger charge is 2.33. The van der Waals surface area contributed by atoms with Crippen LogP contribution in [0.1, 0.15) is 11.3 Å². The molecule has 0 fully saturated rings. The van der Waals surface area contributed by atoms with Crippen LogP contribution in [0.4, 0.5) is 13.2 Å². The number of ether oxygens (including phenoxy) is 2. The topological polar surface area (TPSA) is 60.0 Å². The summed E-state index contributed by atoms with van der Waals surface area (Å²) in [6, 6.07) is 9.38. The van der Waals surface area contributed by atoms with Crippen molar-refractivity contribution in [2.45, 2.75) is 13.1 Å². The largest absolute Gasteiger partial charge is 0.496 e. The molecule has 2 aromatic heterocycles. The Hall–Kier alpha value is -3.29. The molecule has 4 aromatic rings. The second-order valence-electron chi connectivity index (χ2n) is 6.28. The quantitative estimate of drug-likeness (QED) is 0.530. The van der Waals surface area contributed by atoms with Crippen molar-refractivity contribution in [3.8, 4) is 22.9 Å². The molecule has 4 rings (SSSR count). The summed E-state index contributed by atoms with van der Waals surface area (Å²) in [4.78, 5) is 11.7. The van der Waals surface area contributed by atoms with E-state index in [2.05, 4.69) is 15.0 Å². The van der Waals surface area contributed by atoms with Crippen molar-refractivity contribution >= 4 is 21.9 Å². The standard InChI is InChI=1S/C20H16F3N3O2/c1-10-14(27-2)8-6-13-17(10)26-19(24-13)12-4-7-15(28-3)18-11(12)5-9-16(25-18)20(21,22)23/h4-9H,1-3H3,(H,24,26). The van der Waals surface area contributed by atoms with E-state index in [1.165, 1.54) is 13.2 Å². The Morgan fingerprint density at radius 1 is 0.857 bits per heavy atom. The van der Waals surface area contributed by atoms with Gasteiger partial charge in [-0.2, -0.15) is 13.2 Å². The molecule has 2 aromatic carbocycles. The van der Waals surface area contributed by atoms with Crippen molar-refractivity contribution < 1.29 is 22.6 Å². The molecule has 0 radical (unpaired) electrons. The van der Waals surface area contributed by atoms with Crippen LogP contribution in [0, 0.1) is 6.92 Å². The molecule has 0 bridgehead atoms. The summed E-state index contributed by atoms with van der Waals surface area (Å²) in [6.07, 6.45) is -4.54. The fourth-order valence-corrected chi connectivity index (χ4v) is 3.26. The van der Waals surface area contributed by atoms with Crippen LogP contribution in [0.25, 0.3) is 33.3 Å². The minimum atomic E-state index is -4.54. The van der Waals surface area contributed by atoms with E-state index in [1.807, 2.05) is 19.1 Å². The number of fused-ring (bicyclic) bond motifs is 2. The van der Waals surface area contributed by atoms with Gasteiger partial charge in [-0.25, -0.2) is 9.97 Å². The van der Waals surface area contributed by atoms with Crippen LogP contribution >= 0.6 is 0 Å². The number of halogens is 3. The number of hydrogen-bond donors (Lipinski definition) is 1. The summed E-state index contributed by atoms with van der Waals surface area (Å²) in [5, 5.41) is 0.510. The molecular weight excluding hydrogens is 371 g/mol. The average molecular weight is 387 g/mol. The summed E-state index contributed by atoms with van der Waals surface area (Å²) in [7, 11) is 2.98. The zero-order valence-corrected chi connectivity index (χ0v) is 15.3. The lowest BCUT2D eigenvalue weighted by molar-refractivity contribution is -0.140. The molecule has 144 valence electrons. The normalized spacial score (nSPS) is 11.9. The zero-order valence-electron chi connectivity index (χ0n) is 15.3. The number of imidazole rings is 1. The predicted octanol–water partition coefficient (Wildman–Crippen LogP) is 5.12. The van der Waals surface area contributed by atoms with Crippen molar-refractivity contribution in [1.82, 2.24) is 15.0 Å². The monoisotopic (exact) mass is 387 g/mol. The van der Waals surface area contributed by atoms with Gasteiger partial charge in [-0.05, 0) is 43.3 Å². The van der Waals surface area contributed by atoms with E-state index in [0.29, 0.717) is 22.5 Å². The number of aryl methyl sites for hydroxylation is 1. The van der Waals surface area contributed by atoms with Gasteiger partial charge in [0.1, 0.15) is 28.5 Å². The van der Waals surface area contributed by atoms with E-state index in [9.17, 15) is 13.2 Å². The maximum atomic E-state index is 13.1. The number of alkyl halides is 3. The van der Waals surface area contributed by atoms with E-state index < -0.39 is 11.9 Å². The first-order valence-corrected chi connectivity index (χ1v) is 8.42. The maximum absolute atomic E-state index is 13.1. The molecule has 0 saturated heterocycles. The lowest BCUT2D eigenvalue weighted by Crippen LogP contribution is -2.08. The SMILES string of the molecule is COc1ccc2[nH]c(-c3ccc(OC)c4nc(C(F)(F)F)ccc34)nc2c1C. The molecule has 0 atom stereocenters. The number of aromatic amines is 1. The van der Waals surface area contributed by atoms with Crippen molar-refractivity contribution in [3.63, 3.8) is 0 Å². The summed E-state index contributed by atoms with van der Waals surface area (Å²) in [5.74, 6) is 1.50. The lowest BCUT2D eigenvalue weighted by Gasteiger charge is -2.11. The minimum Gasteiger partial charge on any atom is -0.496 e. The number of benzene rings is 2. The number of aromatic nitrogens is 3. The Morgan fingerprint density at radius 2 is 1.57 bits per heavy atom. The summed E-state index contributed by atoms with van der Waals surface area (Å²) >= 11 is 0. The van der Waals surface area contributed by atoms with Gasteiger partial charge in [0.25, 0.3) is 0 Å². The molecule has 0 amide bonds. The second-order valence-corrected chi connectivity index (χ2v) is 6.28. The number of nitrogens with one attached hydrogen (secondary N) is 1. The highest BCUT2D eigenvalue weighted by atomic mass is 19.4.